The summed E-state index contributed by atoms with van der Waals surface area (Å²) in [6.07, 6.45) is -4.96. The predicted molar refractivity (Wildman–Crippen MR) is 79.2 cm³/mol. The lowest BCUT2D eigenvalue weighted by molar-refractivity contribution is -0.148. The van der Waals surface area contributed by atoms with Gasteiger partial charge in [0.1, 0.15) is 0 Å². The molecule has 1 N–H and O–H groups in total. The van der Waals surface area contributed by atoms with E-state index in [9.17, 15) is 13.2 Å². The lowest BCUT2D eigenvalue weighted by Gasteiger charge is -2.35. The third kappa shape index (κ3) is 5.24. The van der Waals surface area contributed by atoms with Crippen LogP contribution in [0.4, 0.5) is 13.2 Å². The van der Waals surface area contributed by atoms with Crippen molar-refractivity contribution in [3.05, 3.63) is 34.3 Å². The largest absolute Gasteiger partial charge is 0.390 e. The number of hydrogen-bond acceptors (Lipinski definition) is 2. The van der Waals surface area contributed by atoms with E-state index in [-0.39, 0.29) is 12.4 Å². The summed E-state index contributed by atoms with van der Waals surface area (Å²) in [5.74, 6) is 0. The van der Waals surface area contributed by atoms with Crippen molar-refractivity contribution in [1.29, 1.82) is 0 Å². The second-order valence-electron chi connectivity index (χ2n) is 4.68. The Labute approximate surface area is 131 Å². The van der Waals surface area contributed by atoms with Gasteiger partial charge in [-0.3, -0.25) is 4.90 Å². The van der Waals surface area contributed by atoms with Crippen LogP contribution >= 0.6 is 28.3 Å². The van der Waals surface area contributed by atoms with E-state index in [2.05, 4.69) is 21.2 Å². The van der Waals surface area contributed by atoms with Gasteiger partial charge in [-0.15, -0.1) is 12.4 Å². The zero-order valence-electron chi connectivity index (χ0n) is 10.8. The van der Waals surface area contributed by atoms with Gasteiger partial charge in [-0.1, -0.05) is 28.1 Å². The van der Waals surface area contributed by atoms with Crippen LogP contribution in [0.2, 0.25) is 0 Å². The average Bonchev–Trinajstić information content (AvgIpc) is 2.36. The number of halogens is 5. The molecule has 2 rings (SSSR count). The molecule has 7 heteroatoms. The Morgan fingerprint density at radius 2 is 1.90 bits per heavy atom. The van der Waals surface area contributed by atoms with Crippen LogP contribution in [-0.4, -0.2) is 37.3 Å². The van der Waals surface area contributed by atoms with Gasteiger partial charge in [-0.05, 0) is 17.7 Å². The molecule has 0 aromatic heterocycles. The van der Waals surface area contributed by atoms with Crippen LogP contribution in [-0.2, 0) is 0 Å². The molecular weight excluding hydrogens is 357 g/mol. The maximum atomic E-state index is 12.8. The van der Waals surface area contributed by atoms with Gasteiger partial charge in [0.2, 0.25) is 0 Å². The second-order valence-corrected chi connectivity index (χ2v) is 5.59. The van der Waals surface area contributed by atoms with Gasteiger partial charge in [-0.2, -0.15) is 13.2 Å². The van der Waals surface area contributed by atoms with E-state index in [1.54, 1.807) is 18.2 Å². The fraction of sp³-hybridized carbons (Fsp3) is 0.538. The van der Waals surface area contributed by atoms with E-state index >= 15 is 0 Å². The van der Waals surface area contributed by atoms with Crippen LogP contribution in [0.1, 0.15) is 18.0 Å². The van der Waals surface area contributed by atoms with Gasteiger partial charge >= 0.3 is 6.18 Å². The van der Waals surface area contributed by atoms with Crippen molar-refractivity contribution in [2.24, 2.45) is 0 Å². The quantitative estimate of drug-likeness (QED) is 0.868. The molecule has 0 saturated carbocycles. The zero-order valence-corrected chi connectivity index (χ0v) is 13.2. The molecule has 2 nitrogen and oxygen atoms in total. The van der Waals surface area contributed by atoms with Gasteiger partial charge in [0.25, 0.3) is 0 Å². The maximum absolute atomic E-state index is 12.8. The van der Waals surface area contributed by atoms with Gasteiger partial charge in [-0.25, -0.2) is 0 Å². The highest BCUT2D eigenvalue weighted by atomic mass is 79.9. The summed E-state index contributed by atoms with van der Waals surface area (Å²) in [5.41, 5.74) is 0.716. The summed E-state index contributed by atoms with van der Waals surface area (Å²) in [6, 6.07) is 6.55. The van der Waals surface area contributed by atoms with Crippen LogP contribution < -0.4 is 5.32 Å². The molecule has 20 heavy (non-hydrogen) atoms. The van der Waals surface area contributed by atoms with Gasteiger partial charge in [0.15, 0.2) is 0 Å². The zero-order chi connectivity index (χ0) is 13.9. The summed E-state index contributed by atoms with van der Waals surface area (Å²) in [6.45, 7) is 2.77. The van der Waals surface area contributed by atoms with E-state index in [0.717, 1.165) is 17.6 Å². The summed E-state index contributed by atoms with van der Waals surface area (Å²) in [7, 11) is 0. The molecule has 1 saturated heterocycles. The molecule has 114 valence electrons. The van der Waals surface area contributed by atoms with Crippen LogP contribution in [0.15, 0.2) is 28.7 Å². The smallest absolute Gasteiger partial charge is 0.314 e. The number of rotatable bonds is 3. The third-order valence-electron chi connectivity index (χ3n) is 3.25. The van der Waals surface area contributed by atoms with Crippen molar-refractivity contribution >= 4 is 28.3 Å². The summed E-state index contributed by atoms with van der Waals surface area (Å²) >= 11 is 3.32. The van der Waals surface area contributed by atoms with Gasteiger partial charge < -0.3 is 5.32 Å². The standard InChI is InChI=1S/C13H16BrF3N2.ClH/c14-11-3-1-2-10(8-11)12(9-13(15,16)17)19-6-4-18-5-7-19;/h1-3,8,12,18H,4-7,9H2;1H/t12-;/m1./s1. The first kappa shape index (κ1) is 17.8. The van der Waals surface area contributed by atoms with E-state index < -0.39 is 18.6 Å². The molecule has 1 aromatic rings. The molecule has 0 spiro atoms. The second kappa shape index (κ2) is 7.64. The number of hydrogen-bond donors (Lipinski definition) is 1. The molecular formula is C13H17BrClF3N2. The monoisotopic (exact) mass is 372 g/mol. The molecule has 0 radical (unpaired) electrons. The SMILES string of the molecule is Cl.FC(F)(F)C[C@H](c1cccc(Br)c1)N1CCNCC1. The summed E-state index contributed by atoms with van der Waals surface area (Å²) in [5, 5.41) is 3.16. The fourth-order valence-electron chi connectivity index (χ4n) is 2.38. The molecule has 1 aliphatic rings. The van der Waals surface area contributed by atoms with Gasteiger partial charge in [0.05, 0.1) is 6.42 Å². The number of piperazine rings is 1. The van der Waals surface area contributed by atoms with E-state index in [1.807, 2.05) is 11.0 Å². The van der Waals surface area contributed by atoms with E-state index in [1.165, 1.54) is 0 Å². The van der Waals surface area contributed by atoms with E-state index in [4.69, 9.17) is 0 Å². The van der Waals surface area contributed by atoms with Crippen molar-refractivity contribution in [2.75, 3.05) is 26.2 Å². The normalized spacial score (nSPS) is 18.4. The van der Waals surface area contributed by atoms with Crippen LogP contribution in [0, 0.1) is 0 Å². The number of alkyl halides is 3. The minimum absolute atomic E-state index is 0. The number of nitrogens with zero attached hydrogens (tertiary/aromatic N) is 1. The van der Waals surface area contributed by atoms with E-state index in [0.29, 0.717) is 18.7 Å². The van der Waals surface area contributed by atoms with Crippen LogP contribution in [0.3, 0.4) is 0 Å². The number of benzene rings is 1. The Morgan fingerprint density at radius 3 is 2.45 bits per heavy atom. The van der Waals surface area contributed by atoms with Crippen molar-refractivity contribution in [3.8, 4) is 0 Å². The molecule has 0 aliphatic carbocycles. The Morgan fingerprint density at radius 1 is 1.25 bits per heavy atom. The van der Waals surface area contributed by atoms with Crippen LogP contribution in [0.25, 0.3) is 0 Å². The molecule has 1 atom stereocenters. The first-order valence-electron chi connectivity index (χ1n) is 6.23. The van der Waals surface area contributed by atoms with Crippen molar-refractivity contribution in [3.63, 3.8) is 0 Å². The highest BCUT2D eigenvalue weighted by Gasteiger charge is 2.35. The molecule has 1 fully saturated rings. The molecule has 1 aromatic carbocycles. The van der Waals surface area contributed by atoms with Gasteiger partial charge in [0, 0.05) is 36.7 Å². The Hall–Kier alpha value is -0.300. The third-order valence-corrected chi connectivity index (χ3v) is 3.74. The van der Waals surface area contributed by atoms with Crippen LogP contribution in [0.5, 0.6) is 0 Å². The first-order valence-corrected chi connectivity index (χ1v) is 7.02. The lowest BCUT2D eigenvalue weighted by atomic mass is 10.0. The van der Waals surface area contributed by atoms with Crippen molar-refractivity contribution in [1.82, 2.24) is 10.2 Å². The summed E-state index contributed by atoms with van der Waals surface area (Å²) < 4.78 is 39.2. The summed E-state index contributed by atoms with van der Waals surface area (Å²) in [4.78, 5) is 1.91. The lowest BCUT2D eigenvalue weighted by Crippen LogP contribution is -2.46. The van der Waals surface area contributed by atoms with Crippen molar-refractivity contribution < 1.29 is 13.2 Å². The minimum Gasteiger partial charge on any atom is -0.314 e. The molecule has 0 amide bonds. The molecule has 1 heterocycles. The Balaban J connectivity index is 0.00000200. The molecule has 0 bridgehead atoms. The fourth-order valence-corrected chi connectivity index (χ4v) is 2.80. The van der Waals surface area contributed by atoms with Crippen molar-refractivity contribution in [2.45, 2.75) is 18.6 Å². The number of nitrogens with one attached hydrogen (secondary N) is 1. The average molecular weight is 374 g/mol. The molecule has 0 unspecified atom stereocenters. The first-order chi connectivity index (χ1) is 8.96. The minimum atomic E-state index is -4.15. The highest BCUT2D eigenvalue weighted by Crippen LogP contribution is 2.34. The maximum Gasteiger partial charge on any atom is 0.390 e. The Kier molecular flexibility index (Phi) is 6.78. The molecule has 1 aliphatic heterocycles. The topological polar surface area (TPSA) is 15.3 Å². The predicted octanol–water partition coefficient (Wildman–Crippen LogP) is 3.77. The Bertz CT molecular complexity index is 422. The highest BCUT2D eigenvalue weighted by molar-refractivity contribution is 9.10.